The summed E-state index contributed by atoms with van der Waals surface area (Å²) in [7, 11) is 0. The Balaban J connectivity index is 1.69. The van der Waals surface area contributed by atoms with Crippen molar-refractivity contribution in [1.82, 2.24) is 14.8 Å². The van der Waals surface area contributed by atoms with Crippen molar-refractivity contribution in [3.8, 4) is 11.4 Å². The summed E-state index contributed by atoms with van der Waals surface area (Å²) < 4.78 is 7.56. The zero-order valence-corrected chi connectivity index (χ0v) is 14.4. The maximum atomic E-state index is 12.4. The lowest BCUT2D eigenvalue weighted by molar-refractivity contribution is -0.122. The molecule has 1 atom stereocenters. The Morgan fingerprint density at radius 2 is 1.96 bits per heavy atom. The van der Waals surface area contributed by atoms with Crippen molar-refractivity contribution in [1.29, 1.82) is 0 Å². The van der Waals surface area contributed by atoms with Gasteiger partial charge >= 0.3 is 0 Å². The molecule has 0 radical (unpaired) electrons. The first-order chi connectivity index (χ1) is 12.0. The molecule has 1 amide bonds. The van der Waals surface area contributed by atoms with Gasteiger partial charge in [-0.15, -0.1) is 10.2 Å². The van der Waals surface area contributed by atoms with Crippen molar-refractivity contribution in [3.63, 3.8) is 0 Å². The van der Waals surface area contributed by atoms with Gasteiger partial charge in [-0.2, -0.15) is 0 Å². The van der Waals surface area contributed by atoms with Crippen molar-refractivity contribution >= 4 is 11.6 Å². The minimum absolute atomic E-state index is 0.209. The zero-order chi connectivity index (χ0) is 17.8. The van der Waals surface area contributed by atoms with Crippen LogP contribution < -0.4 is 10.1 Å². The van der Waals surface area contributed by atoms with Gasteiger partial charge in [0.1, 0.15) is 17.9 Å². The molecule has 0 fully saturated rings. The highest BCUT2D eigenvalue weighted by molar-refractivity contribution is 5.94. The lowest BCUT2D eigenvalue weighted by atomic mass is 10.2. The molecule has 1 unspecified atom stereocenters. The second-order valence-electron chi connectivity index (χ2n) is 5.86. The van der Waals surface area contributed by atoms with Gasteiger partial charge in [-0.05, 0) is 56.7 Å². The summed E-state index contributed by atoms with van der Waals surface area (Å²) in [5.74, 6) is 1.25. The first kappa shape index (κ1) is 16.7. The average Bonchev–Trinajstić information content (AvgIpc) is 3.01. The monoisotopic (exact) mass is 336 g/mol. The van der Waals surface area contributed by atoms with E-state index in [1.165, 1.54) is 0 Å². The summed E-state index contributed by atoms with van der Waals surface area (Å²) in [5, 5.41) is 10.7. The molecule has 0 bridgehead atoms. The van der Waals surface area contributed by atoms with Crippen LogP contribution in [0.1, 0.15) is 18.3 Å². The number of nitrogens with one attached hydrogen (secondary N) is 1. The second kappa shape index (κ2) is 7.17. The number of aromatic nitrogens is 3. The van der Waals surface area contributed by atoms with Crippen LogP contribution in [0.4, 0.5) is 5.69 Å². The van der Waals surface area contributed by atoms with Crippen LogP contribution in [0.2, 0.25) is 0 Å². The number of amides is 1. The van der Waals surface area contributed by atoms with Gasteiger partial charge in [0.25, 0.3) is 5.91 Å². The Labute approximate surface area is 146 Å². The molecule has 6 heteroatoms. The van der Waals surface area contributed by atoms with Gasteiger partial charge in [-0.1, -0.05) is 18.2 Å². The predicted octanol–water partition coefficient (Wildman–Crippen LogP) is 3.29. The van der Waals surface area contributed by atoms with Gasteiger partial charge in [0.05, 0.1) is 5.69 Å². The highest BCUT2D eigenvalue weighted by Crippen LogP contribution is 2.17. The molecule has 2 aromatic carbocycles. The van der Waals surface area contributed by atoms with Crippen molar-refractivity contribution < 1.29 is 9.53 Å². The van der Waals surface area contributed by atoms with Crippen LogP contribution in [0.5, 0.6) is 5.75 Å². The average molecular weight is 336 g/mol. The van der Waals surface area contributed by atoms with Crippen molar-refractivity contribution in [3.05, 3.63) is 66.2 Å². The molecule has 25 heavy (non-hydrogen) atoms. The van der Waals surface area contributed by atoms with Gasteiger partial charge < -0.3 is 10.1 Å². The maximum Gasteiger partial charge on any atom is 0.265 e. The highest BCUT2D eigenvalue weighted by Gasteiger charge is 2.15. The van der Waals surface area contributed by atoms with E-state index < -0.39 is 6.10 Å². The third-order valence-corrected chi connectivity index (χ3v) is 3.78. The number of hydrogen-bond acceptors (Lipinski definition) is 4. The number of carbonyl (C=O) groups excluding carboxylic acids is 1. The van der Waals surface area contributed by atoms with Crippen LogP contribution in [0.15, 0.2) is 54.9 Å². The molecule has 3 rings (SSSR count). The number of carbonyl (C=O) groups is 1. The Hall–Kier alpha value is -3.15. The van der Waals surface area contributed by atoms with E-state index in [0.717, 1.165) is 17.1 Å². The lowest BCUT2D eigenvalue weighted by Crippen LogP contribution is -2.30. The summed E-state index contributed by atoms with van der Waals surface area (Å²) in [5.41, 5.74) is 2.66. The first-order valence-electron chi connectivity index (χ1n) is 8.04. The largest absolute Gasteiger partial charge is 0.481 e. The van der Waals surface area contributed by atoms with Crippen molar-refractivity contribution in [2.45, 2.75) is 26.9 Å². The van der Waals surface area contributed by atoms with Gasteiger partial charge in [0.15, 0.2) is 6.10 Å². The molecule has 0 saturated carbocycles. The van der Waals surface area contributed by atoms with Crippen LogP contribution in [-0.2, 0) is 4.79 Å². The molecule has 6 nitrogen and oxygen atoms in total. The van der Waals surface area contributed by atoms with Gasteiger partial charge in [0, 0.05) is 5.69 Å². The maximum absolute atomic E-state index is 12.4. The third-order valence-electron chi connectivity index (χ3n) is 3.78. The first-order valence-corrected chi connectivity index (χ1v) is 8.04. The SMILES string of the molecule is Cc1cccc(OC(C)C(=O)Nc2cccc(-n3cnnc3C)c2)c1. The van der Waals surface area contributed by atoms with E-state index in [-0.39, 0.29) is 5.91 Å². The minimum Gasteiger partial charge on any atom is -0.481 e. The lowest BCUT2D eigenvalue weighted by Gasteiger charge is -2.15. The number of benzene rings is 2. The number of ether oxygens (including phenoxy) is 1. The van der Waals surface area contributed by atoms with Crippen LogP contribution in [0, 0.1) is 13.8 Å². The molecule has 0 aliphatic carbocycles. The zero-order valence-electron chi connectivity index (χ0n) is 14.4. The number of aryl methyl sites for hydroxylation is 2. The van der Waals surface area contributed by atoms with Crippen LogP contribution >= 0.6 is 0 Å². The minimum atomic E-state index is -0.609. The van der Waals surface area contributed by atoms with E-state index in [9.17, 15) is 4.79 Å². The predicted molar refractivity (Wildman–Crippen MR) is 96.0 cm³/mol. The highest BCUT2D eigenvalue weighted by atomic mass is 16.5. The molecule has 3 aromatic rings. The topological polar surface area (TPSA) is 69.0 Å². The summed E-state index contributed by atoms with van der Waals surface area (Å²) >= 11 is 0. The molecule has 1 heterocycles. The Kier molecular flexibility index (Phi) is 4.79. The quantitative estimate of drug-likeness (QED) is 0.776. The van der Waals surface area contributed by atoms with E-state index in [4.69, 9.17) is 4.74 Å². The van der Waals surface area contributed by atoms with Crippen molar-refractivity contribution in [2.24, 2.45) is 0 Å². The van der Waals surface area contributed by atoms with Crippen LogP contribution in [0.3, 0.4) is 0 Å². The molecule has 0 aliphatic heterocycles. The molecule has 1 aromatic heterocycles. The number of nitrogens with zero attached hydrogens (tertiary/aromatic N) is 3. The summed E-state index contributed by atoms with van der Waals surface area (Å²) in [6.07, 6.45) is 1.03. The fourth-order valence-electron chi connectivity index (χ4n) is 2.47. The number of rotatable bonds is 5. The van der Waals surface area contributed by atoms with Crippen molar-refractivity contribution in [2.75, 3.05) is 5.32 Å². The van der Waals surface area contributed by atoms with E-state index in [0.29, 0.717) is 11.4 Å². The fourth-order valence-corrected chi connectivity index (χ4v) is 2.47. The fraction of sp³-hybridized carbons (Fsp3) is 0.211. The molecule has 0 spiro atoms. The number of anilines is 1. The summed E-state index contributed by atoms with van der Waals surface area (Å²) in [6, 6.07) is 15.1. The standard InChI is InChI=1S/C19H20N4O2/c1-13-6-4-9-18(10-13)25-14(2)19(24)21-16-7-5-8-17(11-16)23-12-20-22-15(23)3/h4-12,14H,1-3H3,(H,21,24). The molecule has 128 valence electrons. The van der Waals surface area contributed by atoms with Crippen LogP contribution in [0.25, 0.3) is 5.69 Å². The second-order valence-corrected chi connectivity index (χ2v) is 5.86. The molecular formula is C19H20N4O2. The molecule has 1 N–H and O–H groups in total. The summed E-state index contributed by atoms with van der Waals surface area (Å²) in [4.78, 5) is 12.4. The van der Waals surface area contributed by atoms with E-state index >= 15 is 0 Å². The van der Waals surface area contributed by atoms with Gasteiger partial charge in [-0.25, -0.2) is 0 Å². The molecular weight excluding hydrogens is 316 g/mol. The molecule has 0 saturated heterocycles. The molecule has 0 aliphatic rings. The smallest absolute Gasteiger partial charge is 0.265 e. The Morgan fingerprint density at radius 1 is 1.16 bits per heavy atom. The van der Waals surface area contributed by atoms with E-state index in [1.54, 1.807) is 13.3 Å². The van der Waals surface area contributed by atoms with Crippen LogP contribution in [-0.4, -0.2) is 26.8 Å². The normalized spacial score (nSPS) is 11.8. The van der Waals surface area contributed by atoms with Gasteiger partial charge in [0.2, 0.25) is 0 Å². The van der Waals surface area contributed by atoms with Gasteiger partial charge in [-0.3, -0.25) is 9.36 Å². The summed E-state index contributed by atoms with van der Waals surface area (Å²) in [6.45, 7) is 5.58. The van der Waals surface area contributed by atoms with E-state index in [1.807, 2.05) is 66.9 Å². The Bertz CT molecular complexity index is 888. The van der Waals surface area contributed by atoms with E-state index in [2.05, 4.69) is 15.5 Å². The Morgan fingerprint density at radius 3 is 2.68 bits per heavy atom. The third kappa shape index (κ3) is 4.03. The number of hydrogen-bond donors (Lipinski definition) is 1.